The number of aromatic nitrogens is 2. The van der Waals surface area contributed by atoms with Crippen molar-refractivity contribution in [2.24, 2.45) is 5.92 Å². The van der Waals surface area contributed by atoms with Gasteiger partial charge in [-0.2, -0.15) is 0 Å². The summed E-state index contributed by atoms with van der Waals surface area (Å²) in [6.45, 7) is 4.23. The molecule has 33 heavy (non-hydrogen) atoms. The first-order valence-electron chi connectivity index (χ1n) is 11.0. The van der Waals surface area contributed by atoms with E-state index in [1.165, 1.54) is 23.1 Å². The van der Waals surface area contributed by atoms with Crippen LogP contribution in [0, 0.1) is 12.8 Å². The predicted octanol–water partition coefficient (Wildman–Crippen LogP) is 3.94. The molecule has 2 aromatic heterocycles. The molecule has 1 amide bonds. The first-order valence-corrected chi connectivity index (χ1v) is 12.8. The van der Waals surface area contributed by atoms with Gasteiger partial charge in [-0.1, -0.05) is 11.8 Å². The third kappa shape index (κ3) is 5.90. The lowest BCUT2D eigenvalue weighted by Gasteiger charge is -2.27. The second-order valence-corrected chi connectivity index (χ2v) is 10.4. The lowest BCUT2D eigenvalue weighted by atomic mass is 9.96. The smallest absolute Gasteiger partial charge is 0.223 e. The normalized spacial score (nSPS) is 15.0. The zero-order chi connectivity index (χ0) is 23.4. The minimum Gasteiger partial charge on any atom is -0.497 e. The molecule has 1 aromatic carbocycles. The van der Waals surface area contributed by atoms with Gasteiger partial charge < -0.3 is 15.0 Å². The average molecular weight is 485 g/mol. The Morgan fingerprint density at radius 2 is 2.00 bits per heavy atom. The Bertz CT molecular complexity index is 1160. The largest absolute Gasteiger partial charge is 0.497 e. The number of rotatable bonds is 8. The molecule has 1 saturated heterocycles. The lowest BCUT2D eigenvalue weighted by Crippen LogP contribution is -2.38. The van der Waals surface area contributed by atoms with Crippen LogP contribution in [0.15, 0.2) is 35.4 Å². The van der Waals surface area contributed by atoms with Gasteiger partial charge in [0.2, 0.25) is 5.91 Å². The summed E-state index contributed by atoms with van der Waals surface area (Å²) in [6.07, 6.45) is 1.80. The van der Waals surface area contributed by atoms with Crippen molar-refractivity contribution in [3.8, 4) is 5.75 Å². The minimum absolute atomic E-state index is 0.0465. The Labute approximate surface area is 201 Å². The number of amides is 1. The van der Waals surface area contributed by atoms with Gasteiger partial charge in [-0.15, -0.1) is 11.3 Å². The van der Waals surface area contributed by atoms with Gasteiger partial charge in [-0.05, 0) is 70.2 Å². The van der Waals surface area contributed by atoms with E-state index >= 15 is 0 Å². The van der Waals surface area contributed by atoms with Crippen LogP contribution in [0.2, 0.25) is 0 Å². The van der Waals surface area contributed by atoms with E-state index in [0.29, 0.717) is 17.2 Å². The van der Waals surface area contributed by atoms with Gasteiger partial charge >= 0.3 is 0 Å². The molecule has 174 valence electrons. The zero-order valence-electron chi connectivity index (χ0n) is 19.1. The number of benzene rings is 1. The fourth-order valence-corrected chi connectivity index (χ4v) is 5.76. The van der Waals surface area contributed by atoms with E-state index < -0.39 is 0 Å². The molecule has 0 radical (unpaired) electrons. The molecule has 0 aliphatic carbocycles. The van der Waals surface area contributed by atoms with Gasteiger partial charge in [-0.25, -0.2) is 9.97 Å². The summed E-state index contributed by atoms with van der Waals surface area (Å²) in [4.78, 5) is 38.2. The van der Waals surface area contributed by atoms with Crippen molar-refractivity contribution < 1.29 is 14.3 Å². The van der Waals surface area contributed by atoms with Gasteiger partial charge in [-0.3, -0.25) is 9.59 Å². The number of aryl methyl sites for hydroxylation is 1. The van der Waals surface area contributed by atoms with E-state index in [9.17, 15) is 9.59 Å². The topological polar surface area (TPSA) is 84.4 Å². The number of hydrogen-bond acceptors (Lipinski definition) is 8. The van der Waals surface area contributed by atoms with Crippen molar-refractivity contribution in [3.63, 3.8) is 0 Å². The molecule has 1 aliphatic rings. The molecule has 3 aromatic rings. The Morgan fingerprint density at radius 1 is 1.21 bits per heavy atom. The number of Topliss-reactive ketones (excluding diaryl/α,β-unsaturated/α-hetero) is 1. The van der Waals surface area contributed by atoms with Crippen LogP contribution in [0.4, 0.5) is 0 Å². The molecule has 0 spiro atoms. The van der Waals surface area contributed by atoms with Crippen LogP contribution in [0.3, 0.4) is 0 Å². The van der Waals surface area contributed by atoms with Crippen molar-refractivity contribution >= 4 is 45.7 Å². The van der Waals surface area contributed by atoms with Crippen LogP contribution >= 0.6 is 23.1 Å². The van der Waals surface area contributed by atoms with E-state index in [-0.39, 0.29) is 23.4 Å². The quantitative estimate of drug-likeness (QED) is 0.294. The van der Waals surface area contributed by atoms with E-state index in [4.69, 9.17) is 4.74 Å². The van der Waals surface area contributed by atoms with Crippen molar-refractivity contribution in [2.75, 3.05) is 33.0 Å². The molecular weight excluding hydrogens is 456 g/mol. The summed E-state index contributed by atoms with van der Waals surface area (Å²) in [7, 11) is 3.71. The van der Waals surface area contributed by atoms with E-state index in [2.05, 4.69) is 27.2 Å². The lowest BCUT2D eigenvalue weighted by molar-refractivity contribution is -0.126. The second kappa shape index (κ2) is 10.6. The number of likely N-dealkylation sites (tertiary alicyclic amines) is 1. The van der Waals surface area contributed by atoms with Crippen LogP contribution in [-0.4, -0.2) is 59.6 Å². The number of piperidine rings is 1. The zero-order valence-corrected chi connectivity index (χ0v) is 20.7. The highest BCUT2D eigenvalue weighted by molar-refractivity contribution is 8.00. The number of nitrogens with one attached hydrogen (secondary N) is 1. The highest BCUT2D eigenvalue weighted by Crippen LogP contribution is 2.29. The third-order valence-electron chi connectivity index (χ3n) is 5.78. The second-order valence-electron chi connectivity index (χ2n) is 8.23. The van der Waals surface area contributed by atoms with Crippen molar-refractivity contribution in [2.45, 2.75) is 31.3 Å². The molecule has 1 fully saturated rings. The molecule has 0 bridgehead atoms. The fraction of sp³-hybridized carbons (Fsp3) is 0.417. The van der Waals surface area contributed by atoms with E-state index in [1.807, 2.05) is 37.3 Å². The molecule has 1 N–H and O–H groups in total. The van der Waals surface area contributed by atoms with Gasteiger partial charge in [0.05, 0.1) is 29.8 Å². The molecule has 3 heterocycles. The molecule has 4 rings (SSSR count). The van der Waals surface area contributed by atoms with Gasteiger partial charge in [0.25, 0.3) is 0 Å². The summed E-state index contributed by atoms with van der Waals surface area (Å²) in [5, 5.41) is 4.68. The molecule has 0 atom stereocenters. The molecule has 0 unspecified atom stereocenters. The number of nitrogens with zero attached hydrogens (tertiary/aromatic N) is 3. The molecule has 0 saturated carbocycles. The maximum atomic E-state index is 12.8. The highest BCUT2D eigenvalue weighted by Gasteiger charge is 2.23. The fourth-order valence-electron chi connectivity index (χ4n) is 3.84. The Morgan fingerprint density at radius 3 is 2.76 bits per heavy atom. The summed E-state index contributed by atoms with van der Waals surface area (Å²) in [5.74, 6) is 1.93. The number of thiophene rings is 1. The SMILES string of the molecule is COc1ccc2nc(C)nc(SCC(=O)c3ccc(CNC(=O)C4CCN(C)CC4)s3)c2c1. The Kier molecular flexibility index (Phi) is 7.62. The maximum absolute atomic E-state index is 12.8. The standard InChI is InChI=1S/C24H28N4O3S2/c1-15-26-20-6-4-17(31-3)12-19(20)24(27-15)32-14-21(29)22-7-5-18(33-22)13-25-23(30)16-8-10-28(2)11-9-16/h4-7,12,16H,8-11,13-14H2,1-3H3,(H,25,30). The maximum Gasteiger partial charge on any atom is 0.223 e. The van der Waals surface area contributed by atoms with Gasteiger partial charge in [0, 0.05) is 16.2 Å². The number of methoxy groups -OCH3 is 1. The summed E-state index contributed by atoms with van der Waals surface area (Å²) < 4.78 is 5.33. The number of carbonyl (C=O) groups excluding carboxylic acids is 2. The average Bonchev–Trinajstić information content (AvgIpc) is 3.30. The number of fused-ring (bicyclic) bond motifs is 1. The van der Waals surface area contributed by atoms with Crippen molar-refractivity contribution in [1.82, 2.24) is 20.2 Å². The summed E-state index contributed by atoms with van der Waals surface area (Å²) >= 11 is 2.85. The molecule has 7 nitrogen and oxygen atoms in total. The van der Waals surface area contributed by atoms with Crippen LogP contribution in [0.1, 0.15) is 33.2 Å². The number of ketones is 1. The van der Waals surface area contributed by atoms with Gasteiger partial charge in [0.15, 0.2) is 5.78 Å². The summed E-state index contributed by atoms with van der Waals surface area (Å²) in [6, 6.07) is 9.44. The first kappa shape index (κ1) is 23.7. The minimum atomic E-state index is 0.0465. The number of hydrogen-bond donors (Lipinski definition) is 1. The monoisotopic (exact) mass is 484 g/mol. The molecule has 1 aliphatic heterocycles. The van der Waals surface area contributed by atoms with Crippen molar-refractivity contribution in [1.29, 1.82) is 0 Å². The first-order chi connectivity index (χ1) is 15.9. The Hall–Kier alpha value is -2.49. The number of carbonyl (C=O) groups is 2. The molecule has 9 heteroatoms. The van der Waals surface area contributed by atoms with Crippen LogP contribution in [0.5, 0.6) is 5.75 Å². The Balaban J connectivity index is 1.35. The highest BCUT2D eigenvalue weighted by atomic mass is 32.2. The molecular formula is C24H28N4O3S2. The van der Waals surface area contributed by atoms with E-state index in [0.717, 1.165) is 52.5 Å². The van der Waals surface area contributed by atoms with Crippen molar-refractivity contribution in [3.05, 3.63) is 45.9 Å². The van der Waals surface area contributed by atoms with Crippen LogP contribution in [0.25, 0.3) is 10.9 Å². The number of thioether (sulfide) groups is 1. The number of ether oxygens (including phenoxy) is 1. The predicted molar refractivity (Wildman–Crippen MR) is 132 cm³/mol. The van der Waals surface area contributed by atoms with Gasteiger partial charge in [0.1, 0.15) is 16.6 Å². The van der Waals surface area contributed by atoms with Crippen LogP contribution in [-0.2, 0) is 11.3 Å². The van der Waals surface area contributed by atoms with Crippen LogP contribution < -0.4 is 10.1 Å². The van der Waals surface area contributed by atoms with E-state index in [1.54, 1.807) is 7.11 Å². The third-order valence-corrected chi connectivity index (χ3v) is 7.90. The summed E-state index contributed by atoms with van der Waals surface area (Å²) in [5.41, 5.74) is 0.831.